The average molecular weight is 496 g/mol. The molecule has 0 amide bonds. The molecule has 4 heterocycles. The number of nitrogens with zero attached hydrogens (tertiary/aromatic N) is 5. The van der Waals surface area contributed by atoms with Gasteiger partial charge >= 0.3 is 0 Å². The molecule has 0 aliphatic carbocycles. The van der Waals surface area contributed by atoms with Crippen molar-refractivity contribution < 1.29 is 9.47 Å². The van der Waals surface area contributed by atoms with Gasteiger partial charge in [0, 0.05) is 38.1 Å². The molecule has 2 aliphatic rings. The zero-order chi connectivity index (χ0) is 23.3. The molecule has 0 saturated carbocycles. The van der Waals surface area contributed by atoms with E-state index in [-0.39, 0.29) is 6.79 Å². The molecular formula is C23H25N7O2S2. The van der Waals surface area contributed by atoms with Gasteiger partial charge in [0.25, 0.3) is 0 Å². The summed E-state index contributed by atoms with van der Waals surface area (Å²) in [6.45, 7) is 5.00. The van der Waals surface area contributed by atoms with Crippen molar-refractivity contribution in [2.45, 2.75) is 36.5 Å². The predicted molar refractivity (Wildman–Crippen MR) is 134 cm³/mol. The zero-order valence-electron chi connectivity index (χ0n) is 18.7. The van der Waals surface area contributed by atoms with Gasteiger partial charge in [-0.1, -0.05) is 13.0 Å². The van der Waals surface area contributed by atoms with Crippen molar-refractivity contribution in [2.75, 3.05) is 30.1 Å². The summed E-state index contributed by atoms with van der Waals surface area (Å²) in [5, 5.41) is 8.19. The number of thiocarbonyl (C=S) groups is 1. The minimum Gasteiger partial charge on any atom is -0.454 e. The van der Waals surface area contributed by atoms with Crippen LogP contribution in [0.15, 0.2) is 52.9 Å². The smallest absolute Gasteiger partial charge is 0.232 e. The Hall–Kier alpha value is -3.18. The molecule has 2 aliphatic heterocycles. The van der Waals surface area contributed by atoms with Gasteiger partial charge in [0.2, 0.25) is 12.7 Å². The van der Waals surface area contributed by atoms with Crippen molar-refractivity contribution in [3.8, 4) is 11.5 Å². The van der Waals surface area contributed by atoms with E-state index < -0.39 is 0 Å². The normalized spacial score (nSPS) is 16.9. The van der Waals surface area contributed by atoms with E-state index in [1.807, 2.05) is 24.3 Å². The van der Waals surface area contributed by atoms with E-state index in [0.717, 1.165) is 47.4 Å². The summed E-state index contributed by atoms with van der Waals surface area (Å²) in [6, 6.07) is 9.61. The molecule has 34 heavy (non-hydrogen) atoms. The summed E-state index contributed by atoms with van der Waals surface area (Å²) < 4.78 is 10.8. The molecule has 1 aromatic carbocycles. The minimum atomic E-state index is 0.254. The van der Waals surface area contributed by atoms with Gasteiger partial charge in [0.15, 0.2) is 21.8 Å². The predicted octanol–water partition coefficient (Wildman–Crippen LogP) is 3.87. The van der Waals surface area contributed by atoms with Crippen molar-refractivity contribution >= 4 is 40.9 Å². The van der Waals surface area contributed by atoms with E-state index in [1.165, 1.54) is 18.2 Å². The van der Waals surface area contributed by atoms with Crippen LogP contribution in [-0.4, -0.2) is 44.9 Å². The maximum Gasteiger partial charge on any atom is 0.232 e. The lowest BCUT2D eigenvalue weighted by Gasteiger charge is -2.32. The van der Waals surface area contributed by atoms with Gasteiger partial charge in [-0.15, -0.1) is 0 Å². The molecule has 1 fully saturated rings. The minimum absolute atomic E-state index is 0.254. The monoisotopic (exact) mass is 495 g/mol. The summed E-state index contributed by atoms with van der Waals surface area (Å²) in [4.78, 5) is 20.3. The Balaban J connectivity index is 1.30. The van der Waals surface area contributed by atoms with E-state index in [0.29, 0.717) is 28.7 Å². The third-order valence-electron chi connectivity index (χ3n) is 5.52. The maximum atomic E-state index is 5.52. The van der Waals surface area contributed by atoms with Crippen LogP contribution in [0.5, 0.6) is 11.5 Å². The Kier molecular flexibility index (Phi) is 6.91. The number of fused-ring (bicyclic) bond motifs is 1. The molecule has 2 aromatic heterocycles. The van der Waals surface area contributed by atoms with Crippen LogP contribution in [0, 0.1) is 5.92 Å². The number of anilines is 2. The molecule has 176 valence electrons. The van der Waals surface area contributed by atoms with Crippen LogP contribution in [0.25, 0.3) is 0 Å². The highest BCUT2D eigenvalue weighted by atomic mass is 32.2. The van der Waals surface area contributed by atoms with Crippen LogP contribution < -0.4 is 25.0 Å². The Bertz CT molecular complexity index is 1170. The standard InChI is InChI=1S/C23H25N7O2S2/c1-15-4-2-9-30(13-15)19-11-20(34-23-24-7-3-8-25-23)28-21(27-19)29-22(33)26-12-16-5-6-17-18(10-16)32-14-31-17/h3,5-8,10-11,15H,2,4,9,12-14H2,1H3,(H2,26,27,28,29,33). The molecule has 9 nitrogen and oxygen atoms in total. The number of hydrogen-bond acceptors (Lipinski definition) is 9. The van der Waals surface area contributed by atoms with E-state index in [1.54, 1.807) is 18.5 Å². The SMILES string of the molecule is CC1CCCN(c2cc(Sc3ncccn3)nc(NC(=S)NCc3ccc4c(c3)OCO4)n2)C1. The molecular weight excluding hydrogens is 470 g/mol. The Morgan fingerprint density at radius 2 is 2.03 bits per heavy atom. The number of rotatable bonds is 6. The van der Waals surface area contributed by atoms with E-state index in [9.17, 15) is 0 Å². The van der Waals surface area contributed by atoms with Crippen molar-refractivity contribution in [3.63, 3.8) is 0 Å². The Morgan fingerprint density at radius 1 is 1.18 bits per heavy atom. The van der Waals surface area contributed by atoms with Crippen molar-refractivity contribution in [1.29, 1.82) is 0 Å². The molecule has 1 saturated heterocycles. The fourth-order valence-electron chi connectivity index (χ4n) is 3.89. The highest BCUT2D eigenvalue weighted by Gasteiger charge is 2.20. The molecule has 1 atom stereocenters. The van der Waals surface area contributed by atoms with Gasteiger partial charge < -0.3 is 25.0 Å². The van der Waals surface area contributed by atoms with Crippen LogP contribution in [-0.2, 0) is 6.54 Å². The average Bonchev–Trinajstić information content (AvgIpc) is 3.31. The first kappa shape index (κ1) is 22.6. The third-order valence-corrected chi connectivity index (χ3v) is 6.58. The number of piperidine rings is 1. The lowest BCUT2D eigenvalue weighted by atomic mass is 10.0. The highest BCUT2D eigenvalue weighted by molar-refractivity contribution is 7.99. The van der Waals surface area contributed by atoms with Crippen molar-refractivity contribution in [1.82, 2.24) is 25.3 Å². The Labute approximate surface area is 207 Å². The first-order valence-electron chi connectivity index (χ1n) is 11.1. The first-order chi connectivity index (χ1) is 16.6. The van der Waals surface area contributed by atoms with Crippen LogP contribution in [0.4, 0.5) is 11.8 Å². The fraction of sp³-hybridized carbons (Fsp3) is 0.348. The van der Waals surface area contributed by atoms with Gasteiger partial charge in [0.1, 0.15) is 10.8 Å². The van der Waals surface area contributed by atoms with Gasteiger partial charge in [-0.25, -0.2) is 15.0 Å². The Morgan fingerprint density at radius 3 is 2.88 bits per heavy atom. The summed E-state index contributed by atoms with van der Waals surface area (Å²) in [5.41, 5.74) is 1.03. The molecule has 0 spiro atoms. The highest BCUT2D eigenvalue weighted by Crippen LogP contribution is 2.32. The van der Waals surface area contributed by atoms with Crippen LogP contribution in [0.1, 0.15) is 25.3 Å². The molecule has 1 unspecified atom stereocenters. The molecule has 2 N–H and O–H groups in total. The first-order valence-corrected chi connectivity index (χ1v) is 12.4. The summed E-state index contributed by atoms with van der Waals surface area (Å²) >= 11 is 6.92. The largest absolute Gasteiger partial charge is 0.454 e. The van der Waals surface area contributed by atoms with E-state index >= 15 is 0 Å². The molecule has 5 rings (SSSR count). The quantitative estimate of drug-likeness (QED) is 0.296. The second-order valence-electron chi connectivity index (χ2n) is 8.21. The van der Waals surface area contributed by atoms with Gasteiger partial charge in [-0.3, -0.25) is 0 Å². The van der Waals surface area contributed by atoms with E-state index in [2.05, 4.69) is 37.4 Å². The third kappa shape index (κ3) is 5.65. The fourth-order valence-corrected chi connectivity index (χ4v) is 4.77. The topological polar surface area (TPSA) is 97.3 Å². The molecule has 11 heteroatoms. The van der Waals surface area contributed by atoms with Crippen molar-refractivity contribution in [2.24, 2.45) is 5.92 Å². The van der Waals surface area contributed by atoms with Gasteiger partial charge in [0.05, 0.1) is 0 Å². The van der Waals surface area contributed by atoms with Gasteiger partial charge in [-0.05, 0) is 66.5 Å². The molecule has 0 bridgehead atoms. The lowest BCUT2D eigenvalue weighted by molar-refractivity contribution is 0.174. The number of aromatic nitrogens is 4. The van der Waals surface area contributed by atoms with Crippen LogP contribution in [0.2, 0.25) is 0 Å². The van der Waals surface area contributed by atoms with E-state index in [4.69, 9.17) is 26.7 Å². The van der Waals surface area contributed by atoms with Gasteiger partial charge in [-0.2, -0.15) is 4.98 Å². The van der Waals surface area contributed by atoms with Crippen LogP contribution >= 0.6 is 24.0 Å². The summed E-state index contributed by atoms with van der Waals surface area (Å²) in [7, 11) is 0. The molecule has 0 radical (unpaired) electrons. The second-order valence-corrected chi connectivity index (χ2v) is 9.61. The number of benzene rings is 1. The number of ether oxygens (including phenoxy) is 2. The second kappa shape index (κ2) is 10.4. The zero-order valence-corrected chi connectivity index (χ0v) is 20.4. The molecule has 3 aromatic rings. The maximum absolute atomic E-state index is 5.52. The van der Waals surface area contributed by atoms with Crippen LogP contribution in [0.3, 0.4) is 0 Å². The summed E-state index contributed by atoms with van der Waals surface area (Å²) in [6.07, 6.45) is 5.82. The lowest BCUT2D eigenvalue weighted by Crippen LogP contribution is -2.35. The van der Waals surface area contributed by atoms with Crippen molar-refractivity contribution in [3.05, 3.63) is 48.3 Å². The summed E-state index contributed by atoms with van der Waals surface area (Å²) in [5.74, 6) is 3.44. The number of nitrogens with one attached hydrogen (secondary N) is 2. The number of hydrogen-bond donors (Lipinski definition) is 2.